The van der Waals surface area contributed by atoms with Gasteiger partial charge in [-0.05, 0) is 67.3 Å². The van der Waals surface area contributed by atoms with Gasteiger partial charge in [-0.2, -0.15) is 5.10 Å². The Bertz CT molecular complexity index is 1560. The van der Waals surface area contributed by atoms with Gasteiger partial charge >= 0.3 is 5.91 Å². The van der Waals surface area contributed by atoms with Crippen LogP contribution in [0.1, 0.15) is 61.0 Å². The molecule has 0 atom stereocenters. The number of hydrazone groups is 1. The summed E-state index contributed by atoms with van der Waals surface area (Å²) in [6.07, 6.45) is 2.01. The molecule has 0 spiro atoms. The molecule has 5 rings (SSSR count). The fraction of sp³-hybridized carbons (Fsp3) is 0.133. The van der Waals surface area contributed by atoms with E-state index in [1.165, 1.54) is 0 Å². The summed E-state index contributed by atoms with van der Waals surface area (Å²) < 4.78 is 5.85. The average molecular weight is 541 g/mol. The van der Waals surface area contributed by atoms with Crippen LogP contribution in [0.4, 0.5) is 0 Å². The molecule has 9 heteroatoms. The quantitative estimate of drug-likeness (QED) is 0.292. The molecule has 1 aliphatic carbocycles. The lowest BCUT2D eigenvalue weighted by Gasteiger charge is -2.13. The second-order valence-electron chi connectivity index (χ2n) is 9.07. The van der Waals surface area contributed by atoms with Gasteiger partial charge in [-0.25, -0.2) is 5.43 Å². The summed E-state index contributed by atoms with van der Waals surface area (Å²) in [4.78, 5) is 37.9. The van der Waals surface area contributed by atoms with Crippen molar-refractivity contribution in [3.05, 3.63) is 118 Å². The Labute approximate surface area is 230 Å². The van der Waals surface area contributed by atoms with E-state index >= 15 is 0 Å². The summed E-state index contributed by atoms with van der Waals surface area (Å²) >= 11 is 5.85. The van der Waals surface area contributed by atoms with Crippen molar-refractivity contribution in [1.29, 1.82) is 0 Å². The van der Waals surface area contributed by atoms with E-state index < -0.39 is 11.8 Å². The van der Waals surface area contributed by atoms with E-state index in [1.54, 1.807) is 43.3 Å². The number of fused-ring (bicyclic) bond motifs is 1. The summed E-state index contributed by atoms with van der Waals surface area (Å²) in [5.41, 5.74) is 12.2. The van der Waals surface area contributed by atoms with Gasteiger partial charge in [0.25, 0.3) is 11.8 Å². The van der Waals surface area contributed by atoms with Gasteiger partial charge in [-0.3, -0.25) is 25.2 Å². The number of aryl methyl sites for hydroxylation is 1. The van der Waals surface area contributed by atoms with Gasteiger partial charge in [0.05, 0.1) is 5.71 Å². The molecule has 1 aliphatic rings. The van der Waals surface area contributed by atoms with E-state index in [9.17, 15) is 14.4 Å². The van der Waals surface area contributed by atoms with Crippen LogP contribution in [-0.2, 0) is 6.42 Å². The van der Waals surface area contributed by atoms with Crippen molar-refractivity contribution in [2.24, 2.45) is 5.10 Å². The van der Waals surface area contributed by atoms with Crippen LogP contribution in [0.15, 0.2) is 88.4 Å². The Morgan fingerprint density at radius 2 is 1.38 bits per heavy atom. The maximum atomic E-state index is 12.8. The van der Waals surface area contributed by atoms with Gasteiger partial charge in [0, 0.05) is 33.7 Å². The highest BCUT2D eigenvalue weighted by molar-refractivity contribution is 6.30. The molecule has 0 unspecified atom stereocenters. The topological polar surface area (TPSA) is 113 Å². The first kappa shape index (κ1) is 25.9. The zero-order valence-electron chi connectivity index (χ0n) is 21.1. The number of carbonyl (C=O) groups excluding carboxylic acids is 3. The molecule has 0 aliphatic heterocycles. The Morgan fingerprint density at radius 1 is 0.769 bits per heavy atom. The zero-order valence-corrected chi connectivity index (χ0v) is 21.8. The Hall–Kier alpha value is -4.69. The fourth-order valence-corrected chi connectivity index (χ4v) is 4.59. The molecule has 8 nitrogen and oxygen atoms in total. The predicted octanol–water partition coefficient (Wildman–Crippen LogP) is 5.45. The van der Waals surface area contributed by atoms with E-state index in [1.807, 2.05) is 42.5 Å². The molecule has 0 fully saturated rings. The summed E-state index contributed by atoms with van der Waals surface area (Å²) in [5.74, 6) is -0.720. The van der Waals surface area contributed by atoms with Crippen LogP contribution in [0.2, 0.25) is 5.02 Å². The van der Waals surface area contributed by atoms with Crippen LogP contribution in [0.3, 0.4) is 0 Å². The van der Waals surface area contributed by atoms with E-state index in [0.29, 0.717) is 51.6 Å². The van der Waals surface area contributed by atoms with Gasteiger partial charge in [0.15, 0.2) is 5.76 Å². The maximum absolute atomic E-state index is 12.8. The summed E-state index contributed by atoms with van der Waals surface area (Å²) in [5, 5.41) is 4.88. The molecule has 1 aromatic heterocycles. The highest BCUT2D eigenvalue weighted by atomic mass is 35.5. The van der Waals surface area contributed by atoms with Gasteiger partial charge in [-0.1, -0.05) is 54.1 Å². The monoisotopic (exact) mass is 540 g/mol. The van der Waals surface area contributed by atoms with Crippen LogP contribution >= 0.6 is 11.6 Å². The molecule has 0 saturated heterocycles. The number of carbonyl (C=O) groups is 3. The number of amides is 3. The molecule has 0 saturated carbocycles. The van der Waals surface area contributed by atoms with Crippen LogP contribution in [0.25, 0.3) is 11.1 Å². The van der Waals surface area contributed by atoms with E-state index in [-0.39, 0.29) is 11.7 Å². The Morgan fingerprint density at radius 3 is 2.10 bits per heavy atom. The molecule has 3 amide bonds. The molecule has 39 heavy (non-hydrogen) atoms. The standard InChI is InChI=1S/C30H25ClN4O4/c1-18-26-24(32-33-28(36)21-12-10-20(11-13-21)19-6-3-2-4-7-19)8-5-9-25(26)39-27(18)30(38)35-34-29(37)22-14-16-23(31)17-15-22/h2-4,6-7,10-17H,5,8-9H2,1H3,(H,33,36)(H,34,37)(H,35,38)/b32-24+. The van der Waals surface area contributed by atoms with E-state index in [4.69, 9.17) is 16.0 Å². The van der Waals surface area contributed by atoms with Crippen LogP contribution < -0.4 is 16.3 Å². The van der Waals surface area contributed by atoms with Crippen molar-refractivity contribution in [2.75, 3.05) is 0 Å². The minimum absolute atomic E-state index is 0.0776. The largest absolute Gasteiger partial charge is 0.455 e. The molecule has 0 bridgehead atoms. The summed E-state index contributed by atoms with van der Waals surface area (Å²) in [6.45, 7) is 1.75. The third-order valence-electron chi connectivity index (χ3n) is 6.47. The molecule has 1 heterocycles. The third-order valence-corrected chi connectivity index (χ3v) is 6.73. The van der Waals surface area contributed by atoms with Crippen molar-refractivity contribution in [2.45, 2.75) is 26.2 Å². The van der Waals surface area contributed by atoms with Crippen molar-refractivity contribution in [3.8, 4) is 11.1 Å². The lowest BCUT2D eigenvalue weighted by molar-refractivity contribution is 0.0829. The lowest BCUT2D eigenvalue weighted by atomic mass is 9.93. The third kappa shape index (κ3) is 5.76. The van der Waals surface area contributed by atoms with Crippen molar-refractivity contribution < 1.29 is 18.8 Å². The van der Waals surface area contributed by atoms with Gasteiger partial charge in [-0.15, -0.1) is 0 Å². The second-order valence-corrected chi connectivity index (χ2v) is 9.50. The first-order chi connectivity index (χ1) is 18.9. The maximum Gasteiger partial charge on any atom is 0.305 e. The SMILES string of the molecule is Cc1c(C(=O)NNC(=O)c2ccc(Cl)cc2)oc2c1/C(=N/NC(=O)c1ccc(-c3ccccc3)cc1)CCC2. The smallest absolute Gasteiger partial charge is 0.305 e. The number of halogens is 1. The lowest BCUT2D eigenvalue weighted by Crippen LogP contribution is -2.41. The minimum atomic E-state index is -0.592. The molecular formula is C30H25ClN4O4. The number of hydrogen-bond donors (Lipinski definition) is 3. The van der Waals surface area contributed by atoms with Gasteiger partial charge in [0.2, 0.25) is 0 Å². The molecule has 3 N–H and O–H groups in total. The minimum Gasteiger partial charge on any atom is -0.455 e. The van der Waals surface area contributed by atoms with Gasteiger partial charge in [0.1, 0.15) is 5.76 Å². The van der Waals surface area contributed by atoms with Crippen molar-refractivity contribution in [1.82, 2.24) is 16.3 Å². The molecule has 3 aromatic carbocycles. The molecule has 4 aromatic rings. The van der Waals surface area contributed by atoms with Crippen LogP contribution in [-0.4, -0.2) is 23.4 Å². The number of benzene rings is 3. The second kappa shape index (κ2) is 11.4. The van der Waals surface area contributed by atoms with E-state index in [2.05, 4.69) is 21.4 Å². The van der Waals surface area contributed by atoms with Crippen molar-refractivity contribution >= 4 is 35.0 Å². The average Bonchev–Trinajstić information content (AvgIpc) is 3.32. The number of hydrogen-bond acceptors (Lipinski definition) is 5. The summed E-state index contributed by atoms with van der Waals surface area (Å²) in [6, 6.07) is 23.5. The highest BCUT2D eigenvalue weighted by Crippen LogP contribution is 2.30. The Kier molecular flexibility index (Phi) is 7.56. The first-order valence-electron chi connectivity index (χ1n) is 12.4. The zero-order chi connectivity index (χ0) is 27.4. The van der Waals surface area contributed by atoms with Crippen LogP contribution in [0.5, 0.6) is 0 Å². The molecule has 0 radical (unpaired) electrons. The fourth-order valence-electron chi connectivity index (χ4n) is 4.47. The van der Waals surface area contributed by atoms with Crippen molar-refractivity contribution in [3.63, 3.8) is 0 Å². The predicted molar refractivity (Wildman–Crippen MR) is 149 cm³/mol. The number of hydrazine groups is 1. The number of furan rings is 1. The van der Waals surface area contributed by atoms with Gasteiger partial charge < -0.3 is 4.42 Å². The number of nitrogens with zero attached hydrogens (tertiary/aromatic N) is 1. The van der Waals surface area contributed by atoms with Crippen LogP contribution in [0, 0.1) is 6.92 Å². The highest BCUT2D eigenvalue weighted by Gasteiger charge is 2.28. The Balaban J connectivity index is 1.26. The first-order valence-corrected chi connectivity index (χ1v) is 12.8. The summed E-state index contributed by atoms with van der Waals surface area (Å²) in [7, 11) is 0. The number of rotatable bonds is 5. The van der Waals surface area contributed by atoms with E-state index in [0.717, 1.165) is 17.5 Å². The molecular weight excluding hydrogens is 516 g/mol. The molecule has 196 valence electrons. The normalized spacial score (nSPS) is 13.4. The number of nitrogens with one attached hydrogen (secondary N) is 3.